The lowest BCUT2D eigenvalue weighted by molar-refractivity contribution is -0.137. The van der Waals surface area contributed by atoms with Crippen LogP contribution in [0.15, 0.2) is 83.3 Å². The van der Waals surface area contributed by atoms with Gasteiger partial charge in [0.1, 0.15) is 11.3 Å². The summed E-state index contributed by atoms with van der Waals surface area (Å²) in [4.78, 5) is 13.1. The van der Waals surface area contributed by atoms with Crippen molar-refractivity contribution >= 4 is 16.8 Å². The number of rotatable bonds is 3. The second-order valence-electron chi connectivity index (χ2n) is 6.07. The van der Waals surface area contributed by atoms with Crippen LogP contribution in [0.25, 0.3) is 22.3 Å². The standard InChI is InChI=1S/C22H13F3O2/c23-22(24,25)16-12-10-14(11-13-16)20(26)19-17-8-4-5-9-18(17)27-21(19)15-6-2-1-3-7-15/h1-13H. The summed E-state index contributed by atoms with van der Waals surface area (Å²) in [6.07, 6.45) is -4.45. The van der Waals surface area contributed by atoms with Crippen molar-refractivity contribution in [1.29, 1.82) is 0 Å². The van der Waals surface area contributed by atoms with Gasteiger partial charge in [-0.3, -0.25) is 4.79 Å². The Balaban J connectivity index is 1.86. The molecule has 0 aliphatic carbocycles. The molecule has 0 N–H and O–H groups in total. The van der Waals surface area contributed by atoms with Crippen molar-refractivity contribution in [2.45, 2.75) is 6.18 Å². The molecule has 1 heterocycles. The average molecular weight is 366 g/mol. The van der Waals surface area contributed by atoms with Crippen LogP contribution in [-0.2, 0) is 6.18 Å². The van der Waals surface area contributed by atoms with Gasteiger partial charge in [-0.25, -0.2) is 0 Å². The number of fused-ring (bicyclic) bond motifs is 1. The van der Waals surface area contributed by atoms with Gasteiger partial charge in [-0.1, -0.05) is 60.7 Å². The Morgan fingerprint density at radius 1 is 0.778 bits per heavy atom. The van der Waals surface area contributed by atoms with Gasteiger partial charge in [0, 0.05) is 16.5 Å². The van der Waals surface area contributed by atoms with Crippen LogP contribution in [0, 0.1) is 0 Å². The van der Waals surface area contributed by atoms with Crippen LogP contribution in [0.5, 0.6) is 0 Å². The number of hydrogen-bond acceptors (Lipinski definition) is 2. The lowest BCUT2D eigenvalue weighted by atomic mass is 9.97. The van der Waals surface area contributed by atoms with Crippen molar-refractivity contribution < 1.29 is 22.4 Å². The minimum Gasteiger partial charge on any atom is -0.455 e. The molecular formula is C22H13F3O2. The highest BCUT2D eigenvalue weighted by molar-refractivity contribution is 6.19. The van der Waals surface area contributed by atoms with Gasteiger partial charge in [-0.15, -0.1) is 0 Å². The molecule has 0 aliphatic rings. The Morgan fingerprint density at radius 3 is 2.07 bits per heavy atom. The van der Waals surface area contributed by atoms with Crippen molar-refractivity contribution in [1.82, 2.24) is 0 Å². The number of benzene rings is 3. The lowest BCUT2D eigenvalue weighted by Gasteiger charge is -2.08. The van der Waals surface area contributed by atoms with Crippen LogP contribution >= 0.6 is 0 Å². The maximum atomic E-state index is 13.1. The molecule has 0 fully saturated rings. The molecule has 3 aromatic carbocycles. The first-order chi connectivity index (χ1) is 12.9. The lowest BCUT2D eigenvalue weighted by Crippen LogP contribution is -2.07. The van der Waals surface area contributed by atoms with Gasteiger partial charge in [0.05, 0.1) is 11.1 Å². The number of halogens is 3. The highest BCUT2D eigenvalue weighted by Crippen LogP contribution is 2.35. The van der Waals surface area contributed by atoms with Crippen molar-refractivity contribution in [3.8, 4) is 11.3 Å². The molecule has 0 amide bonds. The number of ketones is 1. The zero-order valence-electron chi connectivity index (χ0n) is 14.0. The zero-order valence-corrected chi connectivity index (χ0v) is 14.0. The fourth-order valence-electron chi connectivity index (χ4n) is 3.02. The maximum Gasteiger partial charge on any atom is 0.416 e. The quantitative estimate of drug-likeness (QED) is 0.396. The molecule has 0 spiro atoms. The number of para-hydroxylation sites is 1. The van der Waals surface area contributed by atoms with Gasteiger partial charge < -0.3 is 4.42 Å². The predicted octanol–water partition coefficient (Wildman–Crippen LogP) is 6.35. The number of carbonyl (C=O) groups is 1. The molecule has 27 heavy (non-hydrogen) atoms. The summed E-state index contributed by atoms with van der Waals surface area (Å²) in [7, 11) is 0. The second-order valence-corrected chi connectivity index (χ2v) is 6.07. The molecular weight excluding hydrogens is 353 g/mol. The van der Waals surface area contributed by atoms with Gasteiger partial charge in [0.25, 0.3) is 0 Å². The van der Waals surface area contributed by atoms with Crippen LogP contribution < -0.4 is 0 Å². The Labute approximate surface area is 152 Å². The van der Waals surface area contributed by atoms with E-state index in [0.717, 1.165) is 17.7 Å². The zero-order chi connectivity index (χ0) is 19.0. The number of hydrogen-bond donors (Lipinski definition) is 0. The third-order valence-electron chi connectivity index (χ3n) is 4.33. The molecule has 2 nitrogen and oxygen atoms in total. The van der Waals surface area contributed by atoms with Gasteiger partial charge in [-0.2, -0.15) is 13.2 Å². The minimum absolute atomic E-state index is 0.173. The molecule has 0 unspecified atom stereocenters. The molecule has 0 radical (unpaired) electrons. The third kappa shape index (κ3) is 3.12. The van der Waals surface area contributed by atoms with Crippen molar-refractivity contribution in [2.24, 2.45) is 0 Å². The van der Waals surface area contributed by atoms with Gasteiger partial charge in [-0.05, 0) is 18.2 Å². The van der Waals surface area contributed by atoms with E-state index in [-0.39, 0.29) is 11.3 Å². The van der Waals surface area contributed by atoms with E-state index in [9.17, 15) is 18.0 Å². The molecule has 0 saturated heterocycles. The summed E-state index contributed by atoms with van der Waals surface area (Å²) >= 11 is 0. The van der Waals surface area contributed by atoms with Crippen molar-refractivity contribution in [3.63, 3.8) is 0 Å². The van der Waals surface area contributed by atoms with Crippen LogP contribution in [0.2, 0.25) is 0 Å². The second kappa shape index (κ2) is 6.43. The summed E-state index contributed by atoms with van der Waals surface area (Å²) < 4.78 is 44.3. The topological polar surface area (TPSA) is 30.2 Å². The Kier molecular flexibility index (Phi) is 4.07. The largest absolute Gasteiger partial charge is 0.455 e. The molecule has 4 aromatic rings. The number of carbonyl (C=O) groups excluding carboxylic acids is 1. The first-order valence-electron chi connectivity index (χ1n) is 8.24. The summed E-state index contributed by atoms with van der Waals surface area (Å²) in [5.74, 6) is 0.0224. The molecule has 0 bridgehead atoms. The maximum absolute atomic E-state index is 13.1. The molecule has 0 atom stereocenters. The summed E-state index contributed by atoms with van der Waals surface area (Å²) in [5, 5.41) is 0.626. The highest BCUT2D eigenvalue weighted by Gasteiger charge is 2.30. The molecule has 134 valence electrons. The molecule has 0 aliphatic heterocycles. The van der Waals surface area contributed by atoms with Gasteiger partial charge in [0.15, 0.2) is 5.78 Å². The van der Waals surface area contributed by atoms with Crippen molar-refractivity contribution in [3.05, 3.63) is 95.6 Å². The average Bonchev–Trinajstić information content (AvgIpc) is 3.07. The predicted molar refractivity (Wildman–Crippen MR) is 96.5 cm³/mol. The Hall–Kier alpha value is -3.34. The van der Waals surface area contributed by atoms with Crippen LogP contribution in [-0.4, -0.2) is 5.78 Å². The minimum atomic E-state index is -4.45. The third-order valence-corrected chi connectivity index (χ3v) is 4.33. The van der Waals surface area contributed by atoms with Crippen molar-refractivity contribution in [2.75, 3.05) is 0 Å². The number of furan rings is 1. The molecule has 1 aromatic heterocycles. The van der Waals surface area contributed by atoms with E-state index in [4.69, 9.17) is 4.42 Å². The van der Waals surface area contributed by atoms with E-state index in [1.807, 2.05) is 30.3 Å². The van der Waals surface area contributed by atoms with E-state index < -0.39 is 11.7 Å². The summed E-state index contributed by atoms with van der Waals surface area (Å²) in [6, 6.07) is 20.5. The fourth-order valence-corrected chi connectivity index (χ4v) is 3.02. The van der Waals surface area contributed by atoms with E-state index in [1.165, 1.54) is 12.1 Å². The van der Waals surface area contributed by atoms with E-state index >= 15 is 0 Å². The molecule has 4 rings (SSSR count). The normalized spacial score (nSPS) is 11.7. The Bertz CT molecular complexity index is 1110. The van der Waals surface area contributed by atoms with Crippen LogP contribution in [0.3, 0.4) is 0 Å². The smallest absolute Gasteiger partial charge is 0.416 e. The van der Waals surface area contributed by atoms with E-state index in [2.05, 4.69) is 0 Å². The Morgan fingerprint density at radius 2 is 1.41 bits per heavy atom. The fraction of sp³-hybridized carbons (Fsp3) is 0.0455. The van der Waals surface area contributed by atoms with Crippen LogP contribution in [0.4, 0.5) is 13.2 Å². The van der Waals surface area contributed by atoms with Crippen LogP contribution in [0.1, 0.15) is 21.5 Å². The molecule has 0 saturated carbocycles. The summed E-state index contributed by atoms with van der Waals surface area (Å²) in [6.45, 7) is 0. The highest BCUT2D eigenvalue weighted by atomic mass is 19.4. The first-order valence-corrected chi connectivity index (χ1v) is 8.24. The van der Waals surface area contributed by atoms with Gasteiger partial charge >= 0.3 is 6.18 Å². The SMILES string of the molecule is O=C(c1ccc(C(F)(F)F)cc1)c1c(-c2ccccc2)oc2ccccc12. The van der Waals surface area contributed by atoms with Gasteiger partial charge in [0.2, 0.25) is 0 Å². The number of alkyl halides is 3. The van der Waals surface area contributed by atoms with E-state index in [0.29, 0.717) is 22.3 Å². The summed E-state index contributed by atoms with van der Waals surface area (Å²) in [5.41, 5.74) is 0.998. The first kappa shape index (κ1) is 17.1. The monoisotopic (exact) mass is 366 g/mol. The van der Waals surface area contributed by atoms with E-state index in [1.54, 1.807) is 24.3 Å². The molecule has 5 heteroatoms.